The Labute approximate surface area is 121 Å². The van der Waals surface area contributed by atoms with Crippen LogP contribution in [-0.4, -0.2) is 63.8 Å². The molecule has 0 aliphatic carbocycles. The highest BCUT2D eigenvalue weighted by molar-refractivity contribution is 7.86. The van der Waals surface area contributed by atoms with Gasteiger partial charge in [-0.25, -0.2) is 0 Å². The lowest BCUT2D eigenvalue weighted by Gasteiger charge is -2.34. The zero-order valence-corrected chi connectivity index (χ0v) is 13.7. The van der Waals surface area contributed by atoms with Crippen molar-refractivity contribution in [2.45, 2.75) is 56.7 Å². The number of likely N-dealkylation sites (tertiary alicyclic amines) is 1. The lowest BCUT2D eigenvalue weighted by atomic mass is 10.00. The Balaban J connectivity index is 1.78. The third-order valence-electron chi connectivity index (χ3n) is 4.94. The van der Waals surface area contributed by atoms with Gasteiger partial charge in [-0.2, -0.15) is 0 Å². The summed E-state index contributed by atoms with van der Waals surface area (Å²) < 4.78 is 12.1. The van der Waals surface area contributed by atoms with Crippen molar-refractivity contribution in [1.29, 1.82) is 0 Å². The van der Waals surface area contributed by atoms with E-state index in [2.05, 4.69) is 30.7 Å². The number of nitrogens with zero attached hydrogens (tertiary/aromatic N) is 2. The molecule has 0 spiro atoms. The first-order chi connectivity index (χ1) is 8.99. The SMILES string of the molecule is CN1CCCCC1CCN1CCS(=O)C(C)(C)CC1. The van der Waals surface area contributed by atoms with Gasteiger partial charge in [-0.3, -0.25) is 4.21 Å². The predicted molar refractivity (Wildman–Crippen MR) is 83.0 cm³/mol. The Morgan fingerprint density at radius 3 is 2.74 bits per heavy atom. The second-order valence-electron chi connectivity index (χ2n) is 6.82. The third kappa shape index (κ3) is 4.27. The molecule has 0 N–H and O–H groups in total. The fourth-order valence-electron chi connectivity index (χ4n) is 3.21. The van der Waals surface area contributed by atoms with Crippen LogP contribution in [0.5, 0.6) is 0 Å². The highest BCUT2D eigenvalue weighted by Crippen LogP contribution is 2.23. The van der Waals surface area contributed by atoms with Gasteiger partial charge in [0.05, 0.1) is 0 Å². The van der Waals surface area contributed by atoms with Crippen molar-refractivity contribution in [3.8, 4) is 0 Å². The summed E-state index contributed by atoms with van der Waals surface area (Å²) in [7, 11) is 1.61. The van der Waals surface area contributed by atoms with Gasteiger partial charge in [-0.05, 0) is 66.2 Å². The average molecular weight is 286 g/mol. The maximum absolute atomic E-state index is 12.1. The maximum atomic E-state index is 12.1. The molecule has 2 unspecified atom stereocenters. The van der Waals surface area contributed by atoms with Crippen molar-refractivity contribution in [3.63, 3.8) is 0 Å². The second-order valence-corrected chi connectivity index (χ2v) is 9.02. The molecule has 2 aliphatic rings. The molecule has 2 saturated heterocycles. The summed E-state index contributed by atoms with van der Waals surface area (Å²) in [5.74, 6) is 0.855. The van der Waals surface area contributed by atoms with Gasteiger partial charge in [-0.15, -0.1) is 0 Å². The minimum Gasteiger partial charge on any atom is -0.303 e. The molecular weight excluding hydrogens is 256 g/mol. The molecule has 0 radical (unpaired) electrons. The van der Waals surface area contributed by atoms with Gasteiger partial charge < -0.3 is 9.80 Å². The Morgan fingerprint density at radius 1 is 1.21 bits per heavy atom. The second kappa shape index (κ2) is 6.68. The number of hydrogen-bond donors (Lipinski definition) is 0. The first-order valence-corrected chi connectivity index (χ1v) is 9.12. The van der Waals surface area contributed by atoms with Gasteiger partial charge in [-0.1, -0.05) is 6.42 Å². The summed E-state index contributed by atoms with van der Waals surface area (Å²) in [6, 6.07) is 0.774. The highest BCUT2D eigenvalue weighted by Gasteiger charge is 2.30. The smallest absolute Gasteiger partial charge is 0.0415 e. The fourth-order valence-corrected chi connectivity index (χ4v) is 4.50. The standard InChI is InChI=1S/C15H30N2OS/c1-15(2)8-11-17(12-13-19(15)18)10-7-14-6-4-5-9-16(14)3/h14H,4-13H2,1-3H3. The van der Waals surface area contributed by atoms with Crippen LogP contribution < -0.4 is 0 Å². The molecule has 4 heteroatoms. The van der Waals surface area contributed by atoms with Crippen molar-refractivity contribution in [3.05, 3.63) is 0 Å². The fraction of sp³-hybridized carbons (Fsp3) is 1.00. The Hall–Kier alpha value is 0.0700. The molecule has 19 heavy (non-hydrogen) atoms. The van der Waals surface area contributed by atoms with Gasteiger partial charge in [0, 0.05) is 33.9 Å². The lowest BCUT2D eigenvalue weighted by Crippen LogP contribution is -2.39. The molecule has 0 bridgehead atoms. The van der Waals surface area contributed by atoms with Crippen molar-refractivity contribution in [2.75, 3.05) is 39.0 Å². The van der Waals surface area contributed by atoms with Gasteiger partial charge in [0.2, 0.25) is 0 Å². The van der Waals surface area contributed by atoms with Crippen molar-refractivity contribution in [2.24, 2.45) is 0 Å². The average Bonchev–Trinajstić information content (AvgIpc) is 2.50. The van der Waals surface area contributed by atoms with Crippen LogP contribution in [0.2, 0.25) is 0 Å². The molecule has 0 saturated carbocycles. The Bertz CT molecular complexity index is 319. The van der Waals surface area contributed by atoms with E-state index in [4.69, 9.17) is 0 Å². The summed E-state index contributed by atoms with van der Waals surface area (Å²) in [6.45, 7) is 8.90. The molecule has 2 heterocycles. The summed E-state index contributed by atoms with van der Waals surface area (Å²) in [4.78, 5) is 5.07. The zero-order valence-electron chi connectivity index (χ0n) is 12.9. The molecule has 2 rings (SSSR count). The van der Waals surface area contributed by atoms with Gasteiger partial charge in [0.1, 0.15) is 0 Å². The van der Waals surface area contributed by atoms with Crippen LogP contribution >= 0.6 is 0 Å². The van der Waals surface area contributed by atoms with Gasteiger partial charge in [0.15, 0.2) is 0 Å². The van der Waals surface area contributed by atoms with Crippen molar-refractivity contribution < 1.29 is 4.21 Å². The molecular formula is C15H30N2OS. The van der Waals surface area contributed by atoms with E-state index in [0.717, 1.165) is 31.3 Å². The number of rotatable bonds is 3. The minimum atomic E-state index is -0.656. The van der Waals surface area contributed by atoms with E-state index in [0.29, 0.717) is 0 Å². The topological polar surface area (TPSA) is 23.6 Å². The maximum Gasteiger partial charge on any atom is 0.0415 e. The molecule has 0 aromatic carbocycles. The molecule has 2 aliphatic heterocycles. The number of hydrogen-bond acceptors (Lipinski definition) is 3. The van der Waals surface area contributed by atoms with Crippen LogP contribution in [0.1, 0.15) is 46.0 Å². The van der Waals surface area contributed by atoms with E-state index < -0.39 is 10.8 Å². The quantitative estimate of drug-likeness (QED) is 0.794. The minimum absolute atomic E-state index is 0.0103. The van der Waals surface area contributed by atoms with E-state index in [1.807, 2.05) is 0 Å². The van der Waals surface area contributed by atoms with Crippen LogP contribution in [0, 0.1) is 0 Å². The van der Waals surface area contributed by atoms with E-state index in [1.54, 1.807) is 0 Å². The largest absolute Gasteiger partial charge is 0.303 e. The molecule has 0 amide bonds. The van der Waals surface area contributed by atoms with Crippen LogP contribution in [0.3, 0.4) is 0 Å². The van der Waals surface area contributed by atoms with Crippen molar-refractivity contribution in [1.82, 2.24) is 9.80 Å². The van der Waals surface area contributed by atoms with E-state index in [9.17, 15) is 4.21 Å². The van der Waals surface area contributed by atoms with E-state index in [1.165, 1.54) is 38.8 Å². The summed E-state index contributed by atoms with van der Waals surface area (Å²) >= 11 is 0. The van der Waals surface area contributed by atoms with Gasteiger partial charge >= 0.3 is 0 Å². The number of piperidine rings is 1. The monoisotopic (exact) mass is 286 g/mol. The molecule has 112 valence electrons. The Kier molecular flexibility index (Phi) is 5.44. The van der Waals surface area contributed by atoms with Crippen LogP contribution in [-0.2, 0) is 10.8 Å². The first kappa shape index (κ1) is 15.5. The highest BCUT2D eigenvalue weighted by atomic mass is 32.2. The molecule has 0 aromatic heterocycles. The molecule has 2 fully saturated rings. The Morgan fingerprint density at radius 2 is 2.00 bits per heavy atom. The van der Waals surface area contributed by atoms with Crippen LogP contribution in [0.25, 0.3) is 0 Å². The third-order valence-corrected chi connectivity index (χ3v) is 6.93. The summed E-state index contributed by atoms with van der Waals surface area (Å²) in [6.07, 6.45) is 6.47. The lowest BCUT2D eigenvalue weighted by molar-refractivity contribution is 0.155. The molecule has 0 aromatic rings. The molecule has 3 nitrogen and oxygen atoms in total. The van der Waals surface area contributed by atoms with Crippen LogP contribution in [0.15, 0.2) is 0 Å². The van der Waals surface area contributed by atoms with Gasteiger partial charge in [0.25, 0.3) is 0 Å². The van der Waals surface area contributed by atoms with E-state index >= 15 is 0 Å². The predicted octanol–water partition coefficient (Wildman–Crippen LogP) is 2.09. The zero-order chi connectivity index (χ0) is 13.9. The van der Waals surface area contributed by atoms with E-state index in [-0.39, 0.29) is 4.75 Å². The van der Waals surface area contributed by atoms with Crippen LogP contribution in [0.4, 0.5) is 0 Å². The summed E-state index contributed by atoms with van der Waals surface area (Å²) in [5, 5.41) is 0. The normalized spacial score (nSPS) is 34.1. The summed E-state index contributed by atoms with van der Waals surface area (Å²) in [5.41, 5.74) is 0. The first-order valence-electron chi connectivity index (χ1n) is 7.80. The molecule has 2 atom stereocenters. The van der Waals surface area contributed by atoms with Crippen molar-refractivity contribution >= 4 is 10.8 Å².